The molecule has 1 amide bonds. The average molecular weight is 347 g/mol. The Morgan fingerprint density at radius 1 is 1.08 bits per heavy atom. The minimum absolute atomic E-state index is 0.285. The second-order valence-electron chi connectivity index (χ2n) is 5.24. The summed E-state index contributed by atoms with van der Waals surface area (Å²) in [6, 6.07) is 9.89. The zero-order valence-corrected chi connectivity index (χ0v) is 14.4. The first kappa shape index (κ1) is 17.9. The standard InChI is InChI=1S/C18H19ClN2O3/c1-3-20(4-2)18(24)16(17(23)13-8-6-5-7-9-13)21-12-14(19)10-11-15(21)22/h5-12,16H,3-4H2,1-2H3/t16-/m0/s1. The number of rotatable bonds is 6. The van der Waals surface area contributed by atoms with Crippen LogP contribution in [0.25, 0.3) is 0 Å². The van der Waals surface area contributed by atoms with E-state index in [0.717, 1.165) is 4.57 Å². The molecule has 0 bridgehead atoms. The van der Waals surface area contributed by atoms with Crippen LogP contribution in [0.5, 0.6) is 0 Å². The molecule has 2 rings (SSSR count). The predicted octanol–water partition coefficient (Wildman–Crippen LogP) is 2.79. The molecule has 0 saturated carbocycles. The van der Waals surface area contributed by atoms with E-state index < -0.39 is 23.3 Å². The van der Waals surface area contributed by atoms with Crippen LogP contribution in [0.4, 0.5) is 0 Å². The third kappa shape index (κ3) is 3.74. The molecule has 1 aromatic heterocycles. The van der Waals surface area contributed by atoms with Gasteiger partial charge in [0.15, 0.2) is 11.8 Å². The largest absolute Gasteiger partial charge is 0.341 e. The molecule has 1 aromatic carbocycles. The van der Waals surface area contributed by atoms with Gasteiger partial charge in [-0.15, -0.1) is 0 Å². The van der Waals surface area contributed by atoms with E-state index in [1.54, 1.807) is 30.3 Å². The maximum Gasteiger partial charge on any atom is 0.253 e. The normalized spacial score (nSPS) is 11.8. The smallest absolute Gasteiger partial charge is 0.253 e. The van der Waals surface area contributed by atoms with Crippen molar-refractivity contribution in [3.63, 3.8) is 0 Å². The van der Waals surface area contributed by atoms with Crippen LogP contribution >= 0.6 is 11.6 Å². The number of Topliss-reactive ketones (excluding diaryl/α,β-unsaturated/α-hetero) is 1. The molecule has 0 unspecified atom stereocenters. The number of aromatic nitrogens is 1. The Kier molecular flexibility index (Phi) is 5.93. The Morgan fingerprint density at radius 2 is 1.71 bits per heavy atom. The first-order chi connectivity index (χ1) is 11.5. The van der Waals surface area contributed by atoms with Gasteiger partial charge in [0.2, 0.25) is 0 Å². The zero-order valence-electron chi connectivity index (χ0n) is 13.6. The summed E-state index contributed by atoms with van der Waals surface area (Å²) in [4.78, 5) is 39.6. The average Bonchev–Trinajstić information content (AvgIpc) is 2.60. The summed E-state index contributed by atoms with van der Waals surface area (Å²) < 4.78 is 1.11. The van der Waals surface area contributed by atoms with Crippen LogP contribution in [0.2, 0.25) is 5.02 Å². The van der Waals surface area contributed by atoms with E-state index in [9.17, 15) is 14.4 Å². The summed E-state index contributed by atoms with van der Waals surface area (Å²) in [5, 5.41) is 0.285. The van der Waals surface area contributed by atoms with E-state index in [4.69, 9.17) is 11.6 Å². The van der Waals surface area contributed by atoms with Crippen LogP contribution in [-0.4, -0.2) is 34.2 Å². The van der Waals surface area contributed by atoms with Gasteiger partial charge >= 0.3 is 0 Å². The molecule has 6 heteroatoms. The van der Waals surface area contributed by atoms with Crippen molar-refractivity contribution in [1.82, 2.24) is 9.47 Å². The van der Waals surface area contributed by atoms with Crippen molar-refractivity contribution in [2.75, 3.05) is 13.1 Å². The molecule has 126 valence electrons. The predicted molar refractivity (Wildman–Crippen MR) is 93.4 cm³/mol. The molecule has 24 heavy (non-hydrogen) atoms. The Labute approximate surface area is 145 Å². The van der Waals surface area contributed by atoms with E-state index in [-0.39, 0.29) is 5.02 Å². The first-order valence-corrected chi connectivity index (χ1v) is 8.13. The summed E-state index contributed by atoms with van der Waals surface area (Å²) in [7, 11) is 0. The molecule has 0 N–H and O–H groups in total. The number of benzene rings is 1. The number of halogens is 1. The van der Waals surface area contributed by atoms with Gasteiger partial charge in [-0.05, 0) is 19.9 Å². The number of carbonyl (C=O) groups is 2. The molecule has 0 radical (unpaired) electrons. The summed E-state index contributed by atoms with van der Waals surface area (Å²) in [5.74, 6) is -0.852. The molecule has 5 nitrogen and oxygen atoms in total. The molecule has 0 aliphatic heterocycles. The molecule has 0 aliphatic carbocycles. The number of hydrogen-bond donors (Lipinski definition) is 0. The van der Waals surface area contributed by atoms with Crippen LogP contribution < -0.4 is 5.56 Å². The highest BCUT2D eigenvalue weighted by Gasteiger charge is 2.32. The van der Waals surface area contributed by atoms with Crippen LogP contribution in [0.1, 0.15) is 30.2 Å². The van der Waals surface area contributed by atoms with Gasteiger partial charge in [-0.25, -0.2) is 0 Å². The quantitative estimate of drug-likeness (QED) is 0.597. The van der Waals surface area contributed by atoms with Crippen molar-refractivity contribution in [2.24, 2.45) is 0 Å². The molecule has 0 aliphatic rings. The highest BCUT2D eigenvalue weighted by Crippen LogP contribution is 2.18. The molecular weight excluding hydrogens is 328 g/mol. The van der Waals surface area contributed by atoms with Gasteiger partial charge in [0.1, 0.15) is 0 Å². The fraction of sp³-hybridized carbons (Fsp3) is 0.278. The maximum atomic E-state index is 12.9. The van der Waals surface area contributed by atoms with Crippen molar-refractivity contribution in [3.05, 3.63) is 69.6 Å². The fourth-order valence-corrected chi connectivity index (χ4v) is 2.67. The van der Waals surface area contributed by atoms with Gasteiger partial charge < -0.3 is 4.90 Å². The van der Waals surface area contributed by atoms with Crippen molar-refractivity contribution < 1.29 is 9.59 Å². The Bertz CT molecular complexity index is 782. The molecule has 0 spiro atoms. The maximum absolute atomic E-state index is 12.9. The lowest BCUT2D eigenvalue weighted by molar-refractivity contribution is -0.133. The minimum Gasteiger partial charge on any atom is -0.341 e. The summed E-state index contributed by atoms with van der Waals surface area (Å²) in [6.45, 7) is 4.55. The van der Waals surface area contributed by atoms with Crippen LogP contribution in [0, 0.1) is 0 Å². The lowest BCUT2D eigenvalue weighted by Crippen LogP contribution is -2.43. The summed E-state index contributed by atoms with van der Waals surface area (Å²) in [6.07, 6.45) is 1.33. The van der Waals surface area contributed by atoms with Gasteiger partial charge in [-0.1, -0.05) is 41.9 Å². The first-order valence-electron chi connectivity index (χ1n) is 7.75. The van der Waals surface area contributed by atoms with Crippen LogP contribution in [-0.2, 0) is 4.79 Å². The molecular formula is C18H19ClN2O3. The molecule has 0 saturated heterocycles. The van der Waals surface area contributed by atoms with Gasteiger partial charge in [-0.2, -0.15) is 0 Å². The van der Waals surface area contributed by atoms with Gasteiger partial charge in [0.05, 0.1) is 5.02 Å². The summed E-state index contributed by atoms with van der Waals surface area (Å²) >= 11 is 5.97. The number of pyridine rings is 1. The molecule has 0 fully saturated rings. The fourth-order valence-electron chi connectivity index (χ4n) is 2.50. The van der Waals surface area contributed by atoms with E-state index in [0.29, 0.717) is 18.7 Å². The number of nitrogens with zero attached hydrogens (tertiary/aromatic N) is 2. The molecule has 1 atom stereocenters. The number of carbonyl (C=O) groups excluding carboxylic acids is 2. The third-order valence-corrected chi connectivity index (χ3v) is 4.02. The minimum atomic E-state index is -1.27. The van der Waals surface area contributed by atoms with E-state index in [2.05, 4.69) is 0 Å². The second-order valence-corrected chi connectivity index (χ2v) is 5.67. The highest BCUT2D eigenvalue weighted by atomic mass is 35.5. The third-order valence-electron chi connectivity index (χ3n) is 3.80. The van der Waals surface area contributed by atoms with Crippen LogP contribution in [0.3, 0.4) is 0 Å². The molecule has 2 aromatic rings. The van der Waals surface area contributed by atoms with Crippen molar-refractivity contribution in [3.8, 4) is 0 Å². The van der Waals surface area contributed by atoms with Crippen molar-refractivity contribution in [2.45, 2.75) is 19.9 Å². The number of likely N-dealkylation sites (N-methyl/N-ethyl adjacent to an activating group) is 1. The second kappa shape index (κ2) is 7.93. The Morgan fingerprint density at radius 3 is 2.29 bits per heavy atom. The summed E-state index contributed by atoms with van der Waals surface area (Å²) in [5.41, 5.74) is -0.0796. The van der Waals surface area contributed by atoms with Crippen LogP contribution in [0.15, 0.2) is 53.5 Å². The number of ketones is 1. The van der Waals surface area contributed by atoms with Crippen molar-refractivity contribution in [1.29, 1.82) is 0 Å². The van der Waals surface area contributed by atoms with Gasteiger partial charge in [0.25, 0.3) is 11.5 Å². The van der Waals surface area contributed by atoms with Gasteiger partial charge in [0, 0.05) is 30.9 Å². The SMILES string of the molecule is CCN(CC)C(=O)[C@H](C(=O)c1ccccc1)n1cc(Cl)ccc1=O. The van der Waals surface area contributed by atoms with E-state index >= 15 is 0 Å². The monoisotopic (exact) mass is 346 g/mol. The lowest BCUT2D eigenvalue weighted by Gasteiger charge is -2.25. The van der Waals surface area contributed by atoms with E-state index in [1.807, 2.05) is 13.8 Å². The molecule has 1 heterocycles. The Balaban J connectivity index is 2.57. The topological polar surface area (TPSA) is 59.4 Å². The zero-order chi connectivity index (χ0) is 17.7. The number of amides is 1. The van der Waals surface area contributed by atoms with Crippen molar-refractivity contribution >= 4 is 23.3 Å². The lowest BCUT2D eigenvalue weighted by atomic mass is 10.0. The Hall–Kier alpha value is -2.40. The van der Waals surface area contributed by atoms with Gasteiger partial charge in [-0.3, -0.25) is 19.0 Å². The number of hydrogen-bond acceptors (Lipinski definition) is 3. The highest BCUT2D eigenvalue weighted by molar-refractivity contribution is 6.30. The van der Waals surface area contributed by atoms with E-state index in [1.165, 1.54) is 23.2 Å².